The lowest BCUT2D eigenvalue weighted by molar-refractivity contribution is -0.140. The molecule has 0 saturated carbocycles. The number of urea groups is 1. The molecule has 1 rings (SSSR count). The van der Waals surface area contributed by atoms with Crippen molar-refractivity contribution >= 4 is 51.1 Å². The van der Waals surface area contributed by atoms with Gasteiger partial charge < -0.3 is 21.5 Å². The third kappa shape index (κ3) is 5.06. The number of primary amides is 1. The molecule has 0 aliphatic heterocycles. The number of hydrogen-bond acceptors (Lipinski definition) is 3. The molecule has 0 heterocycles. The van der Waals surface area contributed by atoms with E-state index in [1.54, 1.807) is 18.2 Å². The molecule has 5 N–H and O–H groups in total. The molecule has 9 heteroatoms. The number of rotatable bonds is 5. The van der Waals surface area contributed by atoms with Gasteiger partial charge in [-0.15, -0.1) is 0 Å². The highest BCUT2D eigenvalue weighted by Gasteiger charge is 2.22. The quantitative estimate of drug-likeness (QED) is 0.633. The number of benzene rings is 1. The summed E-state index contributed by atoms with van der Waals surface area (Å²) < 4.78 is 0.684. The van der Waals surface area contributed by atoms with Crippen LogP contribution in [0.3, 0.4) is 0 Å². The Bertz CT molecular complexity index is 552. The molecule has 7 nitrogen and oxygen atoms in total. The first-order valence-electron chi connectivity index (χ1n) is 5.33. The van der Waals surface area contributed by atoms with Crippen molar-refractivity contribution < 1.29 is 19.5 Å². The number of aliphatic carboxylic acids is 1. The van der Waals surface area contributed by atoms with E-state index in [-0.39, 0.29) is 5.02 Å². The third-order valence-corrected chi connectivity index (χ3v) is 3.01. The zero-order valence-electron chi connectivity index (χ0n) is 10.0. The largest absolute Gasteiger partial charge is 0.480 e. The van der Waals surface area contributed by atoms with Gasteiger partial charge in [-0.2, -0.15) is 0 Å². The number of halogens is 2. The SMILES string of the molecule is NC(=O)C[C@@H](NC(=O)Nc1cc(Br)ccc1Cl)C(=O)O. The summed E-state index contributed by atoms with van der Waals surface area (Å²) >= 11 is 9.08. The molecule has 3 amide bonds. The van der Waals surface area contributed by atoms with Crippen LogP contribution in [0.1, 0.15) is 6.42 Å². The number of carbonyl (C=O) groups is 3. The van der Waals surface area contributed by atoms with E-state index in [9.17, 15) is 14.4 Å². The number of carboxylic acids is 1. The zero-order valence-corrected chi connectivity index (χ0v) is 12.4. The molecule has 1 aromatic rings. The predicted molar refractivity (Wildman–Crippen MR) is 76.5 cm³/mol. The van der Waals surface area contributed by atoms with Gasteiger partial charge in [-0.25, -0.2) is 9.59 Å². The van der Waals surface area contributed by atoms with Gasteiger partial charge >= 0.3 is 12.0 Å². The normalized spacial score (nSPS) is 11.5. The monoisotopic (exact) mass is 363 g/mol. The smallest absolute Gasteiger partial charge is 0.326 e. The van der Waals surface area contributed by atoms with Gasteiger partial charge in [-0.05, 0) is 18.2 Å². The second-order valence-electron chi connectivity index (χ2n) is 3.78. The molecule has 0 aliphatic rings. The minimum Gasteiger partial charge on any atom is -0.480 e. The second kappa shape index (κ2) is 7.11. The maximum Gasteiger partial charge on any atom is 0.326 e. The summed E-state index contributed by atoms with van der Waals surface area (Å²) in [7, 11) is 0. The topological polar surface area (TPSA) is 122 Å². The van der Waals surface area contributed by atoms with Crippen LogP contribution in [0, 0.1) is 0 Å². The molecule has 0 bridgehead atoms. The fourth-order valence-electron chi connectivity index (χ4n) is 1.31. The van der Waals surface area contributed by atoms with Crippen molar-refractivity contribution in [2.45, 2.75) is 12.5 Å². The Balaban J connectivity index is 2.72. The Kier molecular flexibility index (Phi) is 5.78. The van der Waals surface area contributed by atoms with Gasteiger partial charge in [0, 0.05) is 4.47 Å². The Morgan fingerprint density at radius 3 is 2.60 bits per heavy atom. The van der Waals surface area contributed by atoms with Crippen LogP contribution in [0.2, 0.25) is 5.02 Å². The molecule has 0 aromatic heterocycles. The number of anilines is 1. The summed E-state index contributed by atoms with van der Waals surface area (Å²) in [6.07, 6.45) is -0.505. The van der Waals surface area contributed by atoms with Crippen LogP contribution in [-0.4, -0.2) is 29.1 Å². The van der Waals surface area contributed by atoms with Crippen molar-refractivity contribution in [1.82, 2.24) is 5.32 Å². The van der Waals surface area contributed by atoms with E-state index in [2.05, 4.69) is 26.6 Å². The number of carbonyl (C=O) groups excluding carboxylic acids is 2. The van der Waals surface area contributed by atoms with Gasteiger partial charge in [0.15, 0.2) is 0 Å². The molecule has 0 saturated heterocycles. The summed E-state index contributed by atoms with van der Waals surface area (Å²) in [6, 6.07) is 2.57. The Morgan fingerprint density at radius 2 is 2.05 bits per heavy atom. The van der Waals surface area contributed by atoms with E-state index in [4.69, 9.17) is 22.4 Å². The molecule has 20 heavy (non-hydrogen) atoms. The van der Waals surface area contributed by atoms with Crippen molar-refractivity contribution in [3.05, 3.63) is 27.7 Å². The van der Waals surface area contributed by atoms with Gasteiger partial charge in [0.2, 0.25) is 5.91 Å². The zero-order chi connectivity index (χ0) is 15.3. The van der Waals surface area contributed by atoms with E-state index >= 15 is 0 Å². The minimum absolute atomic E-state index is 0.283. The molecule has 1 aromatic carbocycles. The van der Waals surface area contributed by atoms with Crippen molar-refractivity contribution in [3.63, 3.8) is 0 Å². The van der Waals surface area contributed by atoms with Crippen LogP contribution in [0.4, 0.5) is 10.5 Å². The average molecular weight is 365 g/mol. The number of carboxylic acid groups (broad SMARTS) is 1. The molecule has 0 spiro atoms. The van der Waals surface area contributed by atoms with Gasteiger partial charge in [-0.1, -0.05) is 27.5 Å². The summed E-state index contributed by atoms with van der Waals surface area (Å²) in [4.78, 5) is 33.2. The third-order valence-electron chi connectivity index (χ3n) is 2.19. The first kappa shape index (κ1) is 16.3. The van der Waals surface area contributed by atoms with Gasteiger partial charge in [0.05, 0.1) is 17.1 Å². The molecular formula is C11H11BrClN3O4. The standard InChI is InChI=1S/C11H11BrClN3O4/c12-5-1-2-6(13)7(3-5)15-11(20)16-8(10(18)19)4-9(14)17/h1-3,8H,4H2,(H2,14,17)(H,18,19)(H2,15,16,20)/t8-/m1/s1. The van der Waals surface area contributed by atoms with Gasteiger partial charge in [0.1, 0.15) is 6.04 Å². The Morgan fingerprint density at radius 1 is 1.40 bits per heavy atom. The predicted octanol–water partition coefficient (Wildman–Crippen LogP) is 1.55. The number of amides is 3. The van der Waals surface area contributed by atoms with E-state index in [1.807, 2.05) is 0 Å². The van der Waals surface area contributed by atoms with Crippen molar-refractivity contribution in [2.75, 3.05) is 5.32 Å². The Hall–Kier alpha value is -1.80. The van der Waals surface area contributed by atoms with E-state index in [1.165, 1.54) is 0 Å². The van der Waals surface area contributed by atoms with Crippen LogP contribution in [0.5, 0.6) is 0 Å². The molecule has 0 unspecified atom stereocenters. The molecule has 0 fully saturated rings. The summed E-state index contributed by atoms with van der Waals surface area (Å²) in [5, 5.41) is 13.6. The van der Waals surface area contributed by atoms with E-state index < -0.39 is 30.4 Å². The van der Waals surface area contributed by atoms with Crippen LogP contribution in [0.25, 0.3) is 0 Å². The second-order valence-corrected chi connectivity index (χ2v) is 5.11. The minimum atomic E-state index is -1.40. The summed E-state index contributed by atoms with van der Waals surface area (Å²) in [5.41, 5.74) is 5.20. The number of nitrogens with two attached hydrogens (primary N) is 1. The van der Waals surface area contributed by atoms with Crippen LogP contribution in [-0.2, 0) is 9.59 Å². The fourth-order valence-corrected chi connectivity index (χ4v) is 1.84. The number of nitrogens with one attached hydrogen (secondary N) is 2. The van der Waals surface area contributed by atoms with Gasteiger partial charge in [-0.3, -0.25) is 4.79 Å². The highest BCUT2D eigenvalue weighted by atomic mass is 79.9. The number of hydrogen-bond donors (Lipinski definition) is 4. The first-order chi connectivity index (χ1) is 9.29. The molecule has 0 radical (unpaired) electrons. The maximum atomic E-state index is 11.7. The van der Waals surface area contributed by atoms with E-state index in [0.717, 1.165) is 0 Å². The lowest BCUT2D eigenvalue weighted by Crippen LogP contribution is -2.45. The van der Waals surface area contributed by atoms with Crippen molar-refractivity contribution in [2.24, 2.45) is 5.73 Å². The average Bonchev–Trinajstić information content (AvgIpc) is 2.32. The molecule has 0 aliphatic carbocycles. The van der Waals surface area contributed by atoms with Crippen LogP contribution < -0.4 is 16.4 Å². The van der Waals surface area contributed by atoms with Crippen molar-refractivity contribution in [1.29, 1.82) is 0 Å². The summed E-state index contributed by atoms with van der Waals surface area (Å²) in [6.45, 7) is 0. The van der Waals surface area contributed by atoms with Crippen molar-refractivity contribution in [3.8, 4) is 0 Å². The molecular weight excluding hydrogens is 353 g/mol. The lowest BCUT2D eigenvalue weighted by Gasteiger charge is -2.14. The van der Waals surface area contributed by atoms with Crippen LogP contribution in [0.15, 0.2) is 22.7 Å². The Labute approximate surface area is 127 Å². The molecule has 1 atom stereocenters. The van der Waals surface area contributed by atoms with Crippen LogP contribution >= 0.6 is 27.5 Å². The highest BCUT2D eigenvalue weighted by Crippen LogP contribution is 2.25. The fraction of sp³-hybridized carbons (Fsp3) is 0.182. The van der Waals surface area contributed by atoms with E-state index in [0.29, 0.717) is 10.2 Å². The van der Waals surface area contributed by atoms with Gasteiger partial charge in [0.25, 0.3) is 0 Å². The summed E-state index contributed by atoms with van der Waals surface area (Å²) in [5.74, 6) is -2.20. The first-order valence-corrected chi connectivity index (χ1v) is 6.50. The highest BCUT2D eigenvalue weighted by molar-refractivity contribution is 9.10. The maximum absolute atomic E-state index is 11.7. The lowest BCUT2D eigenvalue weighted by atomic mass is 10.2. The molecule has 108 valence electrons.